The predicted octanol–water partition coefficient (Wildman–Crippen LogP) is 1.51. The molecule has 1 aliphatic heterocycles. The van der Waals surface area contributed by atoms with Crippen molar-refractivity contribution < 1.29 is 4.79 Å². The maximum Gasteiger partial charge on any atom is 0.234 e. The molecule has 1 amide bonds. The van der Waals surface area contributed by atoms with Gasteiger partial charge in [0.05, 0.1) is 6.04 Å². The van der Waals surface area contributed by atoms with Gasteiger partial charge < -0.3 is 5.73 Å². The average Bonchev–Trinajstić information content (AvgIpc) is 2.55. The zero-order chi connectivity index (χ0) is 10.6. The number of carbonyl (C=O) groups is 1. The van der Waals surface area contributed by atoms with E-state index in [2.05, 4.69) is 11.8 Å². The van der Waals surface area contributed by atoms with Gasteiger partial charge in [-0.1, -0.05) is 20.3 Å². The molecule has 3 nitrogen and oxygen atoms in total. The Morgan fingerprint density at radius 2 is 2.29 bits per heavy atom. The molecule has 1 fully saturated rings. The fourth-order valence-electron chi connectivity index (χ4n) is 2.51. The van der Waals surface area contributed by atoms with Crippen LogP contribution in [0.2, 0.25) is 0 Å². The second-order valence-corrected chi connectivity index (χ2v) is 4.15. The summed E-state index contributed by atoms with van der Waals surface area (Å²) in [6.07, 6.45) is 5.68. The van der Waals surface area contributed by atoms with Crippen molar-refractivity contribution in [3.05, 3.63) is 0 Å². The van der Waals surface area contributed by atoms with E-state index in [0.29, 0.717) is 6.04 Å². The van der Waals surface area contributed by atoms with Gasteiger partial charge in [-0.2, -0.15) is 0 Å². The molecule has 0 radical (unpaired) electrons. The number of nitrogens with two attached hydrogens (primary N) is 1. The summed E-state index contributed by atoms with van der Waals surface area (Å²) < 4.78 is 0. The quantitative estimate of drug-likeness (QED) is 0.728. The summed E-state index contributed by atoms with van der Waals surface area (Å²) in [5, 5.41) is 0. The SMILES string of the molecule is CCCC1CCCN1[C@@H](CC)C(N)=O. The summed E-state index contributed by atoms with van der Waals surface area (Å²) in [7, 11) is 0. The van der Waals surface area contributed by atoms with Crippen LogP contribution in [0.5, 0.6) is 0 Å². The molecule has 0 aliphatic carbocycles. The number of hydrogen-bond donors (Lipinski definition) is 1. The lowest BCUT2D eigenvalue weighted by molar-refractivity contribution is -0.123. The molecular formula is C11H22N2O. The van der Waals surface area contributed by atoms with Crippen LogP contribution >= 0.6 is 0 Å². The van der Waals surface area contributed by atoms with E-state index in [-0.39, 0.29) is 11.9 Å². The number of primary amides is 1. The predicted molar refractivity (Wildman–Crippen MR) is 57.9 cm³/mol. The van der Waals surface area contributed by atoms with E-state index in [1.807, 2.05) is 6.92 Å². The van der Waals surface area contributed by atoms with Crippen LogP contribution in [0.25, 0.3) is 0 Å². The van der Waals surface area contributed by atoms with Crippen LogP contribution in [0, 0.1) is 0 Å². The van der Waals surface area contributed by atoms with Crippen LogP contribution < -0.4 is 5.73 Å². The van der Waals surface area contributed by atoms with Gasteiger partial charge in [-0.15, -0.1) is 0 Å². The van der Waals surface area contributed by atoms with Crippen LogP contribution in [0.3, 0.4) is 0 Å². The Balaban J connectivity index is 2.59. The van der Waals surface area contributed by atoms with E-state index in [1.165, 1.54) is 25.7 Å². The molecule has 0 saturated carbocycles. The Bertz CT molecular complexity index is 194. The number of rotatable bonds is 5. The lowest BCUT2D eigenvalue weighted by Crippen LogP contribution is -2.46. The Labute approximate surface area is 86.6 Å². The summed E-state index contributed by atoms with van der Waals surface area (Å²) in [5.74, 6) is -0.157. The zero-order valence-corrected chi connectivity index (χ0v) is 9.33. The van der Waals surface area contributed by atoms with Gasteiger partial charge in [0.1, 0.15) is 0 Å². The minimum Gasteiger partial charge on any atom is -0.368 e. The lowest BCUT2D eigenvalue weighted by Gasteiger charge is -2.30. The summed E-state index contributed by atoms with van der Waals surface area (Å²) >= 11 is 0. The van der Waals surface area contributed by atoms with Crippen LogP contribution in [-0.4, -0.2) is 29.4 Å². The molecule has 0 aromatic rings. The highest BCUT2D eigenvalue weighted by atomic mass is 16.1. The van der Waals surface area contributed by atoms with Gasteiger partial charge in [-0.3, -0.25) is 9.69 Å². The van der Waals surface area contributed by atoms with Gasteiger partial charge in [-0.25, -0.2) is 0 Å². The van der Waals surface area contributed by atoms with Gasteiger partial charge in [0.15, 0.2) is 0 Å². The first kappa shape index (κ1) is 11.5. The molecule has 1 saturated heterocycles. The van der Waals surface area contributed by atoms with Crippen LogP contribution in [0.15, 0.2) is 0 Å². The maximum atomic E-state index is 11.2. The third-order valence-corrected chi connectivity index (χ3v) is 3.16. The normalized spacial score (nSPS) is 25.1. The molecule has 3 heteroatoms. The van der Waals surface area contributed by atoms with E-state index in [4.69, 9.17) is 5.73 Å². The average molecular weight is 198 g/mol. The first-order valence-corrected chi connectivity index (χ1v) is 5.75. The Hall–Kier alpha value is -0.570. The van der Waals surface area contributed by atoms with Crippen molar-refractivity contribution in [1.29, 1.82) is 0 Å². The molecule has 0 bridgehead atoms. The van der Waals surface area contributed by atoms with E-state index < -0.39 is 0 Å². The molecule has 0 aromatic carbocycles. The molecule has 1 unspecified atom stereocenters. The minimum absolute atomic E-state index is 0.0333. The van der Waals surface area contributed by atoms with Crippen LogP contribution in [0.4, 0.5) is 0 Å². The van der Waals surface area contributed by atoms with E-state index >= 15 is 0 Å². The fourth-order valence-corrected chi connectivity index (χ4v) is 2.51. The molecule has 1 rings (SSSR count). The smallest absolute Gasteiger partial charge is 0.234 e. The lowest BCUT2D eigenvalue weighted by atomic mass is 10.1. The Morgan fingerprint density at radius 3 is 2.79 bits per heavy atom. The highest BCUT2D eigenvalue weighted by molar-refractivity contribution is 5.79. The van der Waals surface area contributed by atoms with Gasteiger partial charge >= 0.3 is 0 Å². The molecule has 14 heavy (non-hydrogen) atoms. The molecule has 2 atom stereocenters. The molecule has 2 N–H and O–H groups in total. The summed E-state index contributed by atoms with van der Waals surface area (Å²) in [4.78, 5) is 13.6. The Morgan fingerprint density at radius 1 is 1.57 bits per heavy atom. The monoisotopic (exact) mass is 198 g/mol. The van der Waals surface area contributed by atoms with Gasteiger partial charge in [0, 0.05) is 6.04 Å². The number of likely N-dealkylation sites (tertiary alicyclic amines) is 1. The molecule has 0 spiro atoms. The molecule has 82 valence electrons. The summed E-state index contributed by atoms with van der Waals surface area (Å²) in [6, 6.07) is 0.562. The van der Waals surface area contributed by atoms with E-state index in [9.17, 15) is 4.79 Å². The maximum absolute atomic E-state index is 11.2. The minimum atomic E-state index is -0.157. The Kier molecular flexibility index (Phi) is 4.39. The van der Waals surface area contributed by atoms with Crippen LogP contribution in [0.1, 0.15) is 46.0 Å². The van der Waals surface area contributed by atoms with E-state index in [1.54, 1.807) is 0 Å². The van der Waals surface area contributed by atoms with Crippen molar-refractivity contribution in [3.63, 3.8) is 0 Å². The van der Waals surface area contributed by atoms with Crippen molar-refractivity contribution in [1.82, 2.24) is 4.90 Å². The standard InChI is InChI=1S/C11H22N2O/c1-3-6-9-7-5-8-13(9)10(4-2)11(12)14/h9-10H,3-8H2,1-2H3,(H2,12,14)/t9?,10-/m0/s1. The largest absolute Gasteiger partial charge is 0.368 e. The van der Waals surface area contributed by atoms with Gasteiger partial charge in [0.2, 0.25) is 5.91 Å². The van der Waals surface area contributed by atoms with Crippen LogP contribution in [-0.2, 0) is 4.79 Å². The number of hydrogen-bond acceptors (Lipinski definition) is 2. The first-order chi connectivity index (χ1) is 6.70. The fraction of sp³-hybridized carbons (Fsp3) is 0.909. The highest BCUT2D eigenvalue weighted by Crippen LogP contribution is 2.24. The number of carbonyl (C=O) groups excluding carboxylic acids is 1. The third kappa shape index (κ3) is 2.47. The molecule has 1 aliphatic rings. The van der Waals surface area contributed by atoms with E-state index in [0.717, 1.165) is 13.0 Å². The molecular weight excluding hydrogens is 176 g/mol. The first-order valence-electron chi connectivity index (χ1n) is 5.75. The van der Waals surface area contributed by atoms with Gasteiger partial charge in [-0.05, 0) is 32.2 Å². The molecule has 1 heterocycles. The topological polar surface area (TPSA) is 46.3 Å². The van der Waals surface area contributed by atoms with Crippen molar-refractivity contribution in [2.75, 3.05) is 6.54 Å². The number of amides is 1. The summed E-state index contributed by atoms with van der Waals surface area (Å²) in [5.41, 5.74) is 5.40. The van der Waals surface area contributed by atoms with Crippen molar-refractivity contribution >= 4 is 5.91 Å². The highest BCUT2D eigenvalue weighted by Gasteiger charge is 2.31. The molecule has 0 aromatic heterocycles. The van der Waals surface area contributed by atoms with Crippen molar-refractivity contribution in [2.45, 2.75) is 58.0 Å². The second kappa shape index (κ2) is 5.35. The third-order valence-electron chi connectivity index (χ3n) is 3.16. The van der Waals surface area contributed by atoms with Crippen molar-refractivity contribution in [3.8, 4) is 0 Å². The zero-order valence-electron chi connectivity index (χ0n) is 9.33. The number of nitrogens with zero attached hydrogens (tertiary/aromatic N) is 1. The second-order valence-electron chi connectivity index (χ2n) is 4.15. The summed E-state index contributed by atoms with van der Waals surface area (Å²) in [6.45, 7) is 5.28. The van der Waals surface area contributed by atoms with Crippen molar-refractivity contribution in [2.24, 2.45) is 5.73 Å². The van der Waals surface area contributed by atoms with Gasteiger partial charge in [0.25, 0.3) is 0 Å².